The standard InChI is InChI=1S/C23H35N/c1-4-18-9-10-23-21(12-18)14-20(11-17(3)24)15-22(23)13-19-7-5-16(2)6-8-19/h5-8,18,20-23H,3-4,9-15,24H2,1-2H3/t18-,20-,21-,22?,23?/m0/s1. The van der Waals surface area contributed by atoms with Crippen molar-refractivity contribution in [2.75, 3.05) is 0 Å². The largest absolute Gasteiger partial charge is 0.403 e. The fourth-order valence-corrected chi connectivity index (χ4v) is 5.57. The molecule has 0 amide bonds. The zero-order valence-electron chi connectivity index (χ0n) is 15.6. The van der Waals surface area contributed by atoms with Crippen LogP contribution in [0.15, 0.2) is 36.5 Å². The van der Waals surface area contributed by atoms with Crippen molar-refractivity contribution in [3.05, 3.63) is 47.7 Å². The Hall–Kier alpha value is -1.24. The van der Waals surface area contributed by atoms with Crippen molar-refractivity contribution < 1.29 is 0 Å². The van der Waals surface area contributed by atoms with E-state index in [9.17, 15) is 0 Å². The first kappa shape index (κ1) is 17.6. The van der Waals surface area contributed by atoms with Crippen molar-refractivity contribution in [2.45, 2.75) is 65.2 Å². The molecule has 0 bridgehead atoms. The van der Waals surface area contributed by atoms with E-state index in [2.05, 4.69) is 44.7 Å². The molecule has 2 unspecified atom stereocenters. The number of hydrogen-bond donors (Lipinski definition) is 1. The lowest BCUT2D eigenvalue weighted by molar-refractivity contribution is 0.0435. The van der Waals surface area contributed by atoms with Crippen LogP contribution in [0.2, 0.25) is 0 Å². The van der Waals surface area contributed by atoms with Gasteiger partial charge in [0.2, 0.25) is 0 Å². The smallest absolute Gasteiger partial charge is 0.00102 e. The van der Waals surface area contributed by atoms with Crippen LogP contribution in [-0.2, 0) is 6.42 Å². The van der Waals surface area contributed by atoms with Crippen LogP contribution >= 0.6 is 0 Å². The second-order valence-corrected chi connectivity index (χ2v) is 8.66. The first-order valence-electron chi connectivity index (χ1n) is 10.0. The van der Waals surface area contributed by atoms with E-state index in [-0.39, 0.29) is 0 Å². The number of hydrogen-bond acceptors (Lipinski definition) is 1. The molecule has 0 heterocycles. The van der Waals surface area contributed by atoms with E-state index in [0.717, 1.165) is 41.7 Å². The Bertz CT molecular complexity index is 544. The Kier molecular flexibility index (Phi) is 5.69. The highest BCUT2D eigenvalue weighted by Gasteiger charge is 2.40. The van der Waals surface area contributed by atoms with Crippen LogP contribution in [0.5, 0.6) is 0 Å². The van der Waals surface area contributed by atoms with Crippen molar-refractivity contribution in [1.29, 1.82) is 0 Å². The summed E-state index contributed by atoms with van der Waals surface area (Å²) >= 11 is 0. The van der Waals surface area contributed by atoms with Gasteiger partial charge in [-0.15, -0.1) is 0 Å². The Balaban J connectivity index is 1.74. The van der Waals surface area contributed by atoms with Gasteiger partial charge in [0.25, 0.3) is 0 Å². The lowest BCUT2D eigenvalue weighted by Gasteiger charge is -2.47. The molecule has 0 saturated heterocycles. The highest BCUT2D eigenvalue weighted by molar-refractivity contribution is 5.22. The Morgan fingerprint density at radius 3 is 2.46 bits per heavy atom. The molecule has 1 aromatic rings. The molecule has 0 aliphatic heterocycles. The Morgan fingerprint density at radius 2 is 1.79 bits per heavy atom. The number of rotatable bonds is 5. The minimum absolute atomic E-state index is 0.759. The summed E-state index contributed by atoms with van der Waals surface area (Å²) in [7, 11) is 0. The van der Waals surface area contributed by atoms with Gasteiger partial charge >= 0.3 is 0 Å². The maximum Gasteiger partial charge on any atom is 0.00102 e. The average Bonchev–Trinajstić information content (AvgIpc) is 2.55. The zero-order chi connectivity index (χ0) is 17.1. The minimum atomic E-state index is 0.759. The van der Waals surface area contributed by atoms with Gasteiger partial charge in [0.05, 0.1) is 0 Å². The number of benzene rings is 1. The van der Waals surface area contributed by atoms with E-state index in [1.54, 1.807) is 0 Å². The van der Waals surface area contributed by atoms with Gasteiger partial charge in [-0.2, -0.15) is 0 Å². The van der Waals surface area contributed by atoms with Gasteiger partial charge in [-0.25, -0.2) is 0 Å². The fraction of sp³-hybridized carbons (Fsp3) is 0.652. The normalized spacial score (nSPS) is 33.0. The summed E-state index contributed by atoms with van der Waals surface area (Å²) in [6.45, 7) is 8.53. The van der Waals surface area contributed by atoms with Gasteiger partial charge in [0.1, 0.15) is 0 Å². The van der Waals surface area contributed by atoms with E-state index >= 15 is 0 Å². The van der Waals surface area contributed by atoms with E-state index in [1.807, 2.05) is 0 Å². The minimum Gasteiger partial charge on any atom is -0.403 e. The van der Waals surface area contributed by atoms with Crippen molar-refractivity contribution in [2.24, 2.45) is 35.3 Å². The third kappa shape index (κ3) is 4.23. The maximum absolute atomic E-state index is 5.96. The maximum atomic E-state index is 5.96. The van der Waals surface area contributed by atoms with Crippen LogP contribution in [0, 0.1) is 36.5 Å². The molecule has 1 nitrogen and oxygen atoms in total. The molecule has 3 rings (SSSR count). The molecule has 132 valence electrons. The summed E-state index contributed by atoms with van der Waals surface area (Å²) in [6, 6.07) is 9.21. The van der Waals surface area contributed by atoms with E-state index in [4.69, 9.17) is 5.73 Å². The van der Waals surface area contributed by atoms with Gasteiger partial charge in [-0.3, -0.25) is 0 Å². The van der Waals surface area contributed by atoms with Gasteiger partial charge < -0.3 is 5.73 Å². The molecule has 5 atom stereocenters. The van der Waals surface area contributed by atoms with E-state index in [0.29, 0.717) is 0 Å². The van der Waals surface area contributed by atoms with Crippen molar-refractivity contribution in [3.8, 4) is 0 Å². The van der Waals surface area contributed by atoms with Crippen molar-refractivity contribution in [3.63, 3.8) is 0 Å². The van der Waals surface area contributed by atoms with Crippen molar-refractivity contribution in [1.82, 2.24) is 0 Å². The lowest BCUT2D eigenvalue weighted by Crippen LogP contribution is -2.38. The van der Waals surface area contributed by atoms with Crippen LogP contribution in [0.4, 0.5) is 0 Å². The second-order valence-electron chi connectivity index (χ2n) is 8.66. The van der Waals surface area contributed by atoms with Crippen LogP contribution in [0.1, 0.15) is 63.0 Å². The lowest BCUT2D eigenvalue weighted by atomic mass is 9.58. The SMILES string of the molecule is C=C(N)C[C@@H]1CC(Cc2ccc(C)cc2)C2CC[C@H](CC)C[C@H]2C1. The zero-order valence-corrected chi connectivity index (χ0v) is 15.6. The van der Waals surface area contributed by atoms with Crippen LogP contribution in [0.25, 0.3) is 0 Å². The second kappa shape index (κ2) is 7.76. The quantitative estimate of drug-likeness (QED) is 0.720. The number of nitrogens with two attached hydrogens (primary N) is 1. The molecule has 1 aromatic carbocycles. The first-order valence-corrected chi connectivity index (χ1v) is 10.0. The molecule has 0 spiro atoms. The molecular formula is C23H35N. The van der Waals surface area contributed by atoms with Gasteiger partial charge in [0, 0.05) is 5.70 Å². The highest BCUT2D eigenvalue weighted by Crippen LogP contribution is 2.50. The molecule has 2 N–H and O–H groups in total. The van der Waals surface area contributed by atoms with Crippen LogP contribution in [-0.4, -0.2) is 0 Å². The Morgan fingerprint density at radius 1 is 1.08 bits per heavy atom. The number of aryl methyl sites for hydroxylation is 1. The average molecular weight is 326 g/mol. The predicted molar refractivity (Wildman–Crippen MR) is 104 cm³/mol. The molecule has 24 heavy (non-hydrogen) atoms. The summed E-state index contributed by atoms with van der Waals surface area (Å²) in [4.78, 5) is 0. The molecule has 0 aromatic heterocycles. The summed E-state index contributed by atoms with van der Waals surface area (Å²) < 4.78 is 0. The highest BCUT2D eigenvalue weighted by atomic mass is 14.6. The van der Waals surface area contributed by atoms with E-state index < -0.39 is 0 Å². The fourth-order valence-electron chi connectivity index (χ4n) is 5.57. The molecule has 0 radical (unpaired) electrons. The van der Waals surface area contributed by atoms with Gasteiger partial charge in [-0.05, 0) is 80.6 Å². The summed E-state index contributed by atoms with van der Waals surface area (Å²) in [6.07, 6.45) is 10.8. The molecule has 2 aliphatic rings. The summed E-state index contributed by atoms with van der Waals surface area (Å²) in [5.41, 5.74) is 9.73. The first-order chi connectivity index (χ1) is 11.5. The third-order valence-electron chi connectivity index (χ3n) is 6.77. The number of fused-ring (bicyclic) bond motifs is 1. The van der Waals surface area contributed by atoms with Crippen LogP contribution in [0.3, 0.4) is 0 Å². The third-order valence-corrected chi connectivity index (χ3v) is 6.77. The molecular weight excluding hydrogens is 290 g/mol. The number of allylic oxidation sites excluding steroid dienone is 1. The monoisotopic (exact) mass is 325 g/mol. The molecule has 2 saturated carbocycles. The topological polar surface area (TPSA) is 26.0 Å². The Labute approximate surface area is 148 Å². The molecule has 2 fully saturated rings. The summed E-state index contributed by atoms with van der Waals surface area (Å²) in [5, 5.41) is 0. The van der Waals surface area contributed by atoms with Gasteiger partial charge in [0.15, 0.2) is 0 Å². The van der Waals surface area contributed by atoms with Crippen LogP contribution < -0.4 is 5.73 Å². The predicted octanol–water partition coefficient (Wildman–Crippen LogP) is 5.87. The molecule has 2 aliphatic carbocycles. The van der Waals surface area contributed by atoms with E-state index in [1.165, 1.54) is 56.1 Å². The summed E-state index contributed by atoms with van der Waals surface area (Å²) in [5.74, 6) is 4.43. The molecule has 1 heteroatoms. The van der Waals surface area contributed by atoms with Crippen molar-refractivity contribution >= 4 is 0 Å². The van der Waals surface area contributed by atoms with Gasteiger partial charge in [-0.1, -0.05) is 56.2 Å².